The lowest BCUT2D eigenvalue weighted by Gasteiger charge is -2.09. The number of urea groups is 1. The van der Waals surface area contributed by atoms with Crippen LogP contribution in [0, 0.1) is 0 Å². The van der Waals surface area contributed by atoms with Crippen LogP contribution in [0.3, 0.4) is 0 Å². The minimum Gasteiger partial charge on any atom is -0.334 e. The zero-order valence-corrected chi connectivity index (χ0v) is 16.1. The van der Waals surface area contributed by atoms with Gasteiger partial charge in [-0.1, -0.05) is 30.3 Å². The van der Waals surface area contributed by atoms with Crippen LogP contribution in [0.1, 0.15) is 11.1 Å². The van der Waals surface area contributed by atoms with Gasteiger partial charge in [0.25, 0.3) is 0 Å². The average Bonchev–Trinajstić information content (AvgIpc) is 3.13. The van der Waals surface area contributed by atoms with Crippen LogP contribution in [0.5, 0.6) is 0 Å². The Kier molecular flexibility index (Phi) is 5.95. The molecule has 3 aromatic rings. The van der Waals surface area contributed by atoms with Crippen LogP contribution < -0.4 is 15.4 Å². The second-order valence-corrected chi connectivity index (χ2v) is 7.99. The molecule has 28 heavy (non-hydrogen) atoms. The van der Waals surface area contributed by atoms with Crippen LogP contribution in [0.4, 0.5) is 10.5 Å². The van der Waals surface area contributed by atoms with E-state index in [0.29, 0.717) is 12.2 Å². The molecule has 0 radical (unpaired) electrons. The summed E-state index contributed by atoms with van der Waals surface area (Å²) < 4.78 is 26.7. The van der Waals surface area contributed by atoms with Crippen molar-refractivity contribution in [3.63, 3.8) is 0 Å². The first-order chi connectivity index (χ1) is 13.4. The molecule has 9 heteroatoms. The number of benzene rings is 2. The number of amides is 2. The normalized spacial score (nSPS) is 11.0. The van der Waals surface area contributed by atoms with Crippen LogP contribution in [-0.2, 0) is 23.1 Å². The number of hydrogen-bond acceptors (Lipinski definition) is 4. The monoisotopic (exact) mass is 399 g/mol. The molecule has 0 aliphatic heterocycles. The van der Waals surface area contributed by atoms with Crippen LogP contribution in [-0.4, -0.2) is 30.5 Å². The third-order valence-electron chi connectivity index (χ3n) is 3.79. The van der Waals surface area contributed by atoms with Crippen molar-refractivity contribution in [2.75, 3.05) is 11.0 Å². The van der Waals surface area contributed by atoms with Gasteiger partial charge < -0.3 is 10.6 Å². The van der Waals surface area contributed by atoms with Crippen LogP contribution in [0.2, 0.25) is 0 Å². The molecule has 1 heterocycles. The molecule has 3 rings (SSSR count). The Morgan fingerprint density at radius 2 is 1.71 bits per heavy atom. The lowest BCUT2D eigenvalue weighted by atomic mass is 10.2. The number of sulfonamides is 1. The quantitative estimate of drug-likeness (QED) is 0.567. The molecule has 2 amide bonds. The van der Waals surface area contributed by atoms with E-state index in [-0.39, 0.29) is 12.6 Å². The van der Waals surface area contributed by atoms with E-state index in [1.807, 2.05) is 36.5 Å². The van der Waals surface area contributed by atoms with Crippen molar-refractivity contribution >= 4 is 21.7 Å². The molecule has 3 N–H and O–H groups in total. The highest BCUT2D eigenvalue weighted by Crippen LogP contribution is 2.12. The van der Waals surface area contributed by atoms with Gasteiger partial charge in [-0.3, -0.25) is 4.72 Å². The van der Waals surface area contributed by atoms with Crippen molar-refractivity contribution in [3.8, 4) is 5.69 Å². The summed E-state index contributed by atoms with van der Waals surface area (Å²) in [5.74, 6) is 0. The highest BCUT2D eigenvalue weighted by atomic mass is 32.2. The van der Waals surface area contributed by atoms with Crippen molar-refractivity contribution in [1.29, 1.82) is 0 Å². The lowest BCUT2D eigenvalue weighted by molar-refractivity contribution is 0.240. The Morgan fingerprint density at radius 1 is 1.00 bits per heavy atom. The summed E-state index contributed by atoms with van der Waals surface area (Å²) in [5, 5.41) is 9.80. The van der Waals surface area contributed by atoms with Crippen molar-refractivity contribution in [2.45, 2.75) is 13.1 Å². The number of rotatable bonds is 7. The van der Waals surface area contributed by atoms with Crippen molar-refractivity contribution in [2.24, 2.45) is 0 Å². The number of nitrogens with zero attached hydrogens (tertiary/aromatic N) is 2. The molecule has 0 fully saturated rings. The van der Waals surface area contributed by atoms with Gasteiger partial charge in [0, 0.05) is 30.5 Å². The molecule has 0 saturated carbocycles. The third-order valence-corrected chi connectivity index (χ3v) is 4.40. The summed E-state index contributed by atoms with van der Waals surface area (Å²) in [6, 6.07) is 16.2. The van der Waals surface area contributed by atoms with E-state index in [2.05, 4.69) is 20.5 Å². The Bertz CT molecular complexity index is 1050. The predicted octanol–water partition coefficient (Wildman–Crippen LogP) is 2.24. The second kappa shape index (κ2) is 8.57. The molecular formula is C19H21N5O3S. The first-order valence-electron chi connectivity index (χ1n) is 8.56. The molecule has 2 aromatic carbocycles. The topological polar surface area (TPSA) is 105 Å². The third kappa shape index (κ3) is 5.85. The van der Waals surface area contributed by atoms with Crippen molar-refractivity contribution in [3.05, 3.63) is 78.1 Å². The largest absolute Gasteiger partial charge is 0.334 e. The Labute approximate surface area is 163 Å². The number of anilines is 1. The van der Waals surface area contributed by atoms with Gasteiger partial charge in [-0.05, 0) is 29.8 Å². The van der Waals surface area contributed by atoms with Crippen LogP contribution in [0.25, 0.3) is 5.69 Å². The van der Waals surface area contributed by atoms with Crippen molar-refractivity contribution < 1.29 is 13.2 Å². The predicted molar refractivity (Wildman–Crippen MR) is 108 cm³/mol. The fourth-order valence-electron chi connectivity index (χ4n) is 2.56. The summed E-state index contributed by atoms with van der Waals surface area (Å²) >= 11 is 0. The molecule has 8 nitrogen and oxygen atoms in total. The van der Waals surface area contributed by atoms with Gasteiger partial charge in [-0.2, -0.15) is 5.10 Å². The zero-order chi connectivity index (χ0) is 20.0. The minimum absolute atomic E-state index is 0.272. The molecule has 0 bridgehead atoms. The lowest BCUT2D eigenvalue weighted by Crippen LogP contribution is -2.34. The molecule has 0 spiro atoms. The molecule has 0 aliphatic rings. The molecule has 1 aromatic heterocycles. The van der Waals surface area contributed by atoms with E-state index in [1.165, 1.54) is 0 Å². The maximum Gasteiger partial charge on any atom is 0.315 e. The highest BCUT2D eigenvalue weighted by molar-refractivity contribution is 7.92. The Morgan fingerprint density at radius 3 is 2.43 bits per heavy atom. The van der Waals surface area contributed by atoms with E-state index in [0.717, 1.165) is 23.1 Å². The second-order valence-electron chi connectivity index (χ2n) is 6.24. The number of carbonyl (C=O) groups is 1. The zero-order valence-electron chi connectivity index (χ0n) is 15.3. The van der Waals surface area contributed by atoms with Gasteiger partial charge in [0.15, 0.2) is 0 Å². The fraction of sp³-hybridized carbons (Fsp3) is 0.158. The van der Waals surface area contributed by atoms with E-state index >= 15 is 0 Å². The summed E-state index contributed by atoms with van der Waals surface area (Å²) in [6.45, 7) is 0.614. The van der Waals surface area contributed by atoms with Gasteiger partial charge in [0.2, 0.25) is 10.0 Å². The molecule has 0 aliphatic carbocycles. The van der Waals surface area contributed by atoms with E-state index in [9.17, 15) is 13.2 Å². The van der Waals surface area contributed by atoms with E-state index < -0.39 is 10.0 Å². The number of para-hydroxylation sites is 1. The van der Waals surface area contributed by atoms with Gasteiger partial charge in [-0.15, -0.1) is 0 Å². The van der Waals surface area contributed by atoms with Crippen molar-refractivity contribution in [1.82, 2.24) is 20.4 Å². The Balaban J connectivity index is 1.49. The maximum absolute atomic E-state index is 12.0. The first kappa shape index (κ1) is 19.4. The number of hydrogen-bond donors (Lipinski definition) is 3. The highest BCUT2D eigenvalue weighted by Gasteiger charge is 2.06. The number of aromatic nitrogens is 2. The molecule has 0 atom stereocenters. The Hall–Kier alpha value is -3.33. The fourth-order valence-corrected chi connectivity index (χ4v) is 3.11. The molecular weight excluding hydrogens is 378 g/mol. The van der Waals surface area contributed by atoms with Crippen LogP contribution >= 0.6 is 0 Å². The number of nitrogens with one attached hydrogen (secondary N) is 3. The van der Waals surface area contributed by atoms with Gasteiger partial charge >= 0.3 is 6.03 Å². The first-order valence-corrected chi connectivity index (χ1v) is 10.5. The average molecular weight is 399 g/mol. The van der Waals surface area contributed by atoms with Gasteiger partial charge in [-0.25, -0.2) is 17.9 Å². The summed E-state index contributed by atoms with van der Waals surface area (Å²) in [4.78, 5) is 12.0. The van der Waals surface area contributed by atoms with Gasteiger partial charge in [0.1, 0.15) is 0 Å². The number of carbonyl (C=O) groups excluding carboxylic acids is 1. The van der Waals surface area contributed by atoms with Gasteiger partial charge in [0.05, 0.1) is 18.1 Å². The van der Waals surface area contributed by atoms with Crippen LogP contribution in [0.15, 0.2) is 67.0 Å². The standard InChI is InChI=1S/C19H21N5O3S/c1-28(26,27)23-17-7-5-6-15(10-17)11-20-19(25)21-12-16-13-22-24(14-16)18-8-3-2-4-9-18/h2-10,13-14,23H,11-12H2,1H3,(H2,20,21,25). The molecule has 146 valence electrons. The maximum atomic E-state index is 12.0. The smallest absolute Gasteiger partial charge is 0.315 e. The summed E-state index contributed by atoms with van der Waals surface area (Å²) in [5.41, 5.74) is 3.05. The SMILES string of the molecule is CS(=O)(=O)Nc1cccc(CNC(=O)NCc2cnn(-c3ccccc3)c2)c1. The van der Waals surface area contributed by atoms with E-state index in [4.69, 9.17) is 0 Å². The summed E-state index contributed by atoms with van der Waals surface area (Å²) in [7, 11) is -3.34. The van der Waals surface area contributed by atoms with E-state index in [1.54, 1.807) is 35.1 Å². The summed E-state index contributed by atoms with van der Waals surface area (Å²) in [6.07, 6.45) is 4.65. The molecule has 0 saturated heterocycles. The minimum atomic E-state index is -3.34. The molecule has 0 unspecified atom stereocenters.